The fraction of sp³-hybridized carbons (Fsp3) is 0.0769. The van der Waals surface area contributed by atoms with Crippen LogP contribution in [0.4, 0.5) is 17.1 Å². The molecule has 190 valence electrons. The van der Waals surface area contributed by atoms with Gasteiger partial charge in [0.05, 0.1) is 5.41 Å². The first kappa shape index (κ1) is 23.0. The Hall–Kier alpha value is -4.88. The highest BCUT2D eigenvalue weighted by molar-refractivity contribution is 5.96. The minimum absolute atomic E-state index is 0.357. The van der Waals surface area contributed by atoms with Gasteiger partial charge in [0, 0.05) is 17.1 Å². The molecule has 0 N–H and O–H groups in total. The van der Waals surface area contributed by atoms with Crippen LogP contribution in [0.1, 0.15) is 33.4 Å². The smallest absolute Gasteiger partial charge is 0.0726 e. The maximum atomic E-state index is 2.46. The summed E-state index contributed by atoms with van der Waals surface area (Å²) in [6.07, 6.45) is 0. The molecule has 8 rings (SSSR count). The summed E-state index contributed by atoms with van der Waals surface area (Å²) in [4.78, 5) is 2.38. The van der Waals surface area contributed by atoms with Crippen molar-refractivity contribution in [1.82, 2.24) is 0 Å². The van der Waals surface area contributed by atoms with Gasteiger partial charge in [0.2, 0.25) is 0 Å². The summed E-state index contributed by atoms with van der Waals surface area (Å²) < 4.78 is 0. The molecule has 40 heavy (non-hydrogen) atoms. The van der Waals surface area contributed by atoms with E-state index < -0.39 is 0 Å². The molecule has 0 amide bonds. The minimum Gasteiger partial charge on any atom is -0.310 e. The molecule has 0 bridgehead atoms. The van der Waals surface area contributed by atoms with Crippen LogP contribution in [0.2, 0.25) is 0 Å². The van der Waals surface area contributed by atoms with Gasteiger partial charge in [0.15, 0.2) is 0 Å². The van der Waals surface area contributed by atoms with Crippen molar-refractivity contribution in [3.05, 3.63) is 173 Å². The van der Waals surface area contributed by atoms with E-state index in [9.17, 15) is 0 Å². The third-order valence-corrected chi connectivity index (χ3v) is 8.76. The van der Waals surface area contributed by atoms with Gasteiger partial charge in [-0.15, -0.1) is 0 Å². The van der Waals surface area contributed by atoms with Crippen LogP contribution >= 0.6 is 0 Å². The number of hydrogen-bond acceptors (Lipinski definition) is 1. The number of anilines is 3. The summed E-state index contributed by atoms with van der Waals surface area (Å²) in [5.74, 6) is 0. The summed E-state index contributed by atoms with van der Waals surface area (Å²) in [5, 5.41) is 0. The highest BCUT2D eigenvalue weighted by atomic mass is 15.1. The van der Waals surface area contributed by atoms with Crippen LogP contribution < -0.4 is 4.90 Å². The van der Waals surface area contributed by atoms with Gasteiger partial charge in [-0.05, 0) is 94.8 Å². The van der Waals surface area contributed by atoms with E-state index in [-0.39, 0.29) is 5.41 Å². The number of rotatable bonds is 3. The average molecular weight is 512 g/mol. The van der Waals surface area contributed by atoms with Gasteiger partial charge in [0.25, 0.3) is 0 Å². The summed E-state index contributed by atoms with van der Waals surface area (Å²) >= 11 is 0. The predicted octanol–water partition coefficient (Wildman–Crippen LogP) is 10.1. The zero-order chi connectivity index (χ0) is 26.8. The molecule has 6 aromatic carbocycles. The molecule has 2 aliphatic rings. The predicted molar refractivity (Wildman–Crippen MR) is 167 cm³/mol. The highest BCUT2D eigenvalue weighted by Gasteiger charge is 2.51. The lowest BCUT2D eigenvalue weighted by Crippen LogP contribution is -2.26. The number of nitrogens with zero attached hydrogens (tertiary/aromatic N) is 1. The van der Waals surface area contributed by atoms with Crippen LogP contribution in [0.3, 0.4) is 0 Å². The quantitative estimate of drug-likeness (QED) is 0.228. The van der Waals surface area contributed by atoms with Crippen molar-refractivity contribution in [2.75, 3.05) is 4.90 Å². The Kier molecular flexibility index (Phi) is 4.93. The number of benzene rings is 6. The van der Waals surface area contributed by atoms with E-state index in [1.54, 1.807) is 0 Å². The molecule has 0 radical (unpaired) electrons. The van der Waals surface area contributed by atoms with E-state index in [1.165, 1.54) is 61.3 Å². The second-order valence-electron chi connectivity index (χ2n) is 11.1. The van der Waals surface area contributed by atoms with Crippen LogP contribution in [0.5, 0.6) is 0 Å². The molecule has 2 aliphatic carbocycles. The van der Waals surface area contributed by atoms with Crippen LogP contribution in [0.25, 0.3) is 22.3 Å². The summed E-state index contributed by atoms with van der Waals surface area (Å²) in [6.45, 7) is 4.43. The molecule has 1 spiro atoms. The lowest BCUT2D eigenvalue weighted by atomic mass is 9.70. The van der Waals surface area contributed by atoms with Crippen LogP contribution in [-0.4, -0.2) is 0 Å². The Bertz CT molecular complexity index is 1830. The number of para-hydroxylation sites is 2. The number of aryl methyl sites for hydroxylation is 2. The van der Waals surface area contributed by atoms with Gasteiger partial charge in [-0.2, -0.15) is 0 Å². The standard InChI is InChI=1S/C39H29N/c1-26-17-20-32-33-21-18-27(2)24-37(33)39(36(32)23-26)35-16-10-9-15-31(35)34-22-19-30(25-38(34)39)40(28-11-5-3-6-12-28)29-13-7-4-8-14-29/h3-25H,1-2H3. The first-order valence-corrected chi connectivity index (χ1v) is 14.0. The fourth-order valence-corrected chi connectivity index (χ4v) is 7.14. The zero-order valence-electron chi connectivity index (χ0n) is 22.7. The molecular weight excluding hydrogens is 482 g/mol. The maximum Gasteiger partial charge on any atom is 0.0726 e. The molecular formula is C39H29N. The molecule has 0 saturated heterocycles. The molecule has 6 aromatic rings. The molecule has 0 fully saturated rings. The average Bonchev–Trinajstić information content (AvgIpc) is 3.44. The Morgan fingerprint density at radius 1 is 0.375 bits per heavy atom. The lowest BCUT2D eigenvalue weighted by molar-refractivity contribution is 0.791. The van der Waals surface area contributed by atoms with E-state index >= 15 is 0 Å². The van der Waals surface area contributed by atoms with Gasteiger partial charge in [-0.25, -0.2) is 0 Å². The van der Waals surface area contributed by atoms with Crippen molar-refractivity contribution < 1.29 is 0 Å². The summed E-state index contributed by atoms with van der Waals surface area (Å²) in [7, 11) is 0. The minimum atomic E-state index is -0.357. The Labute approximate surface area is 236 Å². The van der Waals surface area contributed by atoms with E-state index in [1.807, 2.05) is 0 Å². The maximum absolute atomic E-state index is 2.46. The topological polar surface area (TPSA) is 3.24 Å². The van der Waals surface area contributed by atoms with E-state index in [0.29, 0.717) is 0 Å². The summed E-state index contributed by atoms with van der Waals surface area (Å²) in [5.41, 5.74) is 16.6. The Morgan fingerprint density at radius 2 is 0.825 bits per heavy atom. The van der Waals surface area contributed by atoms with Crippen LogP contribution in [0.15, 0.2) is 140 Å². The van der Waals surface area contributed by atoms with Crippen LogP contribution in [-0.2, 0) is 5.41 Å². The summed E-state index contributed by atoms with van der Waals surface area (Å²) in [6, 6.07) is 51.6. The van der Waals surface area contributed by atoms with Gasteiger partial charge in [-0.1, -0.05) is 114 Å². The molecule has 0 unspecified atom stereocenters. The van der Waals surface area contributed by atoms with Crippen LogP contribution in [0, 0.1) is 13.8 Å². The fourth-order valence-electron chi connectivity index (χ4n) is 7.14. The number of fused-ring (bicyclic) bond motifs is 10. The molecule has 0 saturated carbocycles. The van der Waals surface area contributed by atoms with Crippen molar-refractivity contribution >= 4 is 17.1 Å². The van der Waals surface area contributed by atoms with E-state index in [0.717, 1.165) is 11.4 Å². The monoisotopic (exact) mass is 511 g/mol. The molecule has 0 atom stereocenters. The Morgan fingerprint density at radius 3 is 1.40 bits per heavy atom. The van der Waals surface area contributed by atoms with E-state index in [2.05, 4.69) is 158 Å². The second-order valence-corrected chi connectivity index (χ2v) is 11.1. The molecule has 0 heterocycles. The highest BCUT2D eigenvalue weighted by Crippen LogP contribution is 2.63. The molecule has 0 aromatic heterocycles. The van der Waals surface area contributed by atoms with Crippen molar-refractivity contribution in [1.29, 1.82) is 0 Å². The van der Waals surface area contributed by atoms with Crippen molar-refractivity contribution in [2.24, 2.45) is 0 Å². The van der Waals surface area contributed by atoms with Crippen molar-refractivity contribution in [3.63, 3.8) is 0 Å². The van der Waals surface area contributed by atoms with Crippen molar-refractivity contribution in [3.8, 4) is 22.3 Å². The van der Waals surface area contributed by atoms with Gasteiger partial charge >= 0.3 is 0 Å². The van der Waals surface area contributed by atoms with Gasteiger partial charge < -0.3 is 4.90 Å². The lowest BCUT2D eigenvalue weighted by Gasteiger charge is -2.32. The zero-order valence-corrected chi connectivity index (χ0v) is 22.7. The molecule has 1 heteroatoms. The second kappa shape index (κ2) is 8.56. The van der Waals surface area contributed by atoms with Gasteiger partial charge in [0.1, 0.15) is 0 Å². The largest absolute Gasteiger partial charge is 0.310 e. The normalized spacial score (nSPS) is 13.4. The molecule has 0 aliphatic heterocycles. The molecule has 1 nitrogen and oxygen atoms in total. The Balaban J connectivity index is 1.47. The number of hydrogen-bond donors (Lipinski definition) is 0. The first-order valence-electron chi connectivity index (χ1n) is 14.0. The van der Waals surface area contributed by atoms with E-state index in [4.69, 9.17) is 0 Å². The van der Waals surface area contributed by atoms with Crippen molar-refractivity contribution in [2.45, 2.75) is 19.3 Å². The first-order chi connectivity index (χ1) is 19.7. The third-order valence-electron chi connectivity index (χ3n) is 8.76. The SMILES string of the molecule is Cc1ccc2c(c1)C1(c3ccccc3-c3ccc(N(c4ccccc4)c4ccccc4)cc31)c1cc(C)ccc1-2. The van der Waals surface area contributed by atoms with Gasteiger partial charge in [-0.3, -0.25) is 0 Å². The third kappa shape index (κ3) is 3.09.